The summed E-state index contributed by atoms with van der Waals surface area (Å²) in [6.45, 7) is 5.08. The maximum Gasteiger partial charge on any atom is 0.178 e. The summed E-state index contributed by atoms with van der Waals surface area (Å²) in [5.41, 5.74) is 1.29. The number of thioether (sulfide) groups is 1. The number of hydrogen-bond acceptors (Lipinski definition) is 1. The molecule has 0 saturated heterocycles. The minimum absolute atomic E-state index is 0.621. The minimum atomic E-state index is 0.621. The van der Waals surface area contributed by atoms with Crippen molar-refractivity contribution in [2.75, 3.05) is 6.26 Å². The summed E-state index contributed by atoms with van der Waals surface area (Å²) < 4.78 is 0. The Labute approximate surface area is 85.5 Å². The average Bonchev–Trinajstić information content (AvgIpc) is 2.15. The van der Waals surface area contributed by atoms with Crippen molar-refractivity contribution >= 4 is 24.6 Å². The first kappa shape index (κ1) is 10.5. The van der Waals surface area contributed by atoms with E-state index < -0.39 is 0 Å². The third-order valence-corrected chi connectivity index (χ3v) is 2.97. The molecule has 68 valence electrons. The van der Waals surface area contributed by atoms with Gasteiger partial charge in [-0.15, -0.1) is 11.8 Å². The second kappa shape index (κ2) is 5.18. The van der Waals surface area contributed by atoms with E-state index in [0.717, 1.165) is 0 Å². The molecule has 0 saturated carbocycles. The Morgan fingerprint density at radius 3 is 2.31 bits per heavy atom. The van der Waals surface area contributed by atoms with Gasteiger partial charge in [0.15, 0.2) is 6.71 Å². The molecule has 0 radical (unpaired) electrons. The van der Waals surface area contributed by atoms with Crippen LogP contribution in [0.3, 0.4) is 0 Å². The molecule has 13 heavy (non-hydrogen) atoms. The molecule has 2 heteroatoms. The van der Waals surface area contributed by atoms with E-state index in [-0.39, 0.29) is 0 Å². The molecule has 0 bridgehead atoms. The Morgan fingerprint density at radius 2 is 1.85 bits per heavy atom. The highest BCUT2D eigenvalue weighted by molar-refractivity contribution is 8.04. The Bertz CT molecular complexity index is 277. The summed E-state index contributed by atoms with van der Waals surface area (Å²) in [6, 6.07) is 10.5. The molecule has 0 atom stereocenters. The van der Waals surface area contributed by atoms with Crippen molar-refractivity contribution in [3.63, 3.8) is 0 Å². The lowest BCUT2D eigenvalue weighted by atomic mass is 9.54. The molecule has 0 heterocycles. The molecule has 0 amide bonds. The molecular formula is C11H15BS. The normalized spacial score (nSPS) is 11.5. The van der Waals surface area contributed by atoms with E-state index in [0.29, 0.717) is 6.71 Å². The van der Waals surface area contributed by atoms with Crippen LogP contribution in [0, 0.1) is 0 Å². The highest BCUT2D eigenvalue weighted by atomic mass is 32.2. The fourth-order valence-electron chi connectivity index (χ4n) is 1.17. The van der Waals surface area contributed by atoms with Crippen LogP contribution in [0.15, 0.2) is 35.1 Å². The monoisotopic (exact) mass is 190 g/mol. The lowest BCUT2D eigenvalue weighted by molar-refractivity contribution is 1.66. The van der Waals surface area contributed by atoms with Gasteiger partial charge in [-0.2, -0.15) is 0 Å². The van der Waals surface area contributed by atoms with E-state index in [9.17, 15) is 0 Å². The molecule has 0 aliphatic rings. The van der Waals surface area contributed by atoms with Crippen molar-refractivity contribution in [3.8, 4) is 0 Å². The van der Waals surface area contributed by atoms with Gasteiger partial charge in [0.2, 0.25) is 0 Å². The van der Waals surface area contributed by atoms with Crippen LogP contribution in [0.1, 0.15) is 5.56 Å². The van der Waals surface area contributed by atoms with Crippen LogP contribution in [0.2, 0.25) is 13.6 Å². The van der Waals surface area contributed by atoms with E-state index in [2.05, 4.69) is 50.2 Å². The van der Waals surface area contributed by atoms with Crippen LogP contribution >= 0.6 is 11.8 Å². The van der Waals surface area contributed by atoms with Crippen LogP contribution in [0.4, 0.5) is 0 Å². The van der Waals surface area contributed by atoms with Crippen LogP contribution < -0.4 is 0 Å². The van der Waals surface area contributed by atoms with Gasteiger partial charge >= 0.3 is 0 Å². The van der Waals surface area contributed by atoms with Crippen molar-refractivity contribution in [3.05, 3.63) is 40.7 Å². The maximum absolute atomic E-state index is 2.26. The van der Waals surface area contributed by atoms with Gasteiger partial charge in [0.25, 0.3) is 0 Å². The molecule has 0 aromatic heterocycles. The quantitative estimate of drug-likeness (QED) is 0.655. The van der Waals surface area contributed by atoms with Crippen LogP contribution in [-0.4, -0.2) is 13.0 Å². The summed E-state index contributed by atoms with van der Waals surface area (Å²) in [6.07, 6.45) is 4.39. The third kappa shape index (κ3) is 3.31. The number of benzene rings is 1. The highest BCUT2D eigenvalue weighted by Gasteiger charge is 2.04. The van der Waals surface area contributed by atoms with E-state index >= 15 is 0 Å². The lowest BCUT2D eigenvalue weighted by Gasteiger charge is -2.04. The van der Waals surface area contributed by atoms with Crippen molar-refractivity contribution < 1.29 is 0 Å². The molecule has 0 aliphatic heterocycles. The molecule has 0 unspecified atom stereocenters. The molecule has 1 aromatic carbocycles. The minimum Gasteiger partial charge on any atom is -0.144 e. The van der Waals surface area contributed by atoms with Crippen molar-refractivity contribution in [1.82, 2.24) is 0 Å². The van der Waals surface area contributed by atoms with Crippen LogP contribution in [-0.2, 0) is 0 Å². The van der Waals surface area contributed by atoms with Crippen LogP contribution in [0.5, 0.6) is 0 Å². The second-order valence-electron chi connectivity index (χ2n) is 3.32. The van der Waals surface area contributed by atoms with Gasteiger partial charge in [0.05, 0.1) is 0 Å². The Balaban J connectivity index is 2.85. The predicted molar refractivity (Wildman–Crippen MR) is 65.4 cm³/mol. The summed E-state index contributed by atoms with van der Waals surface area (Å²) in [5.74, 6) is 0. The van der Waals surface area contributed by atoms with Gasteiger partial charge in [0, 0.05) is 0 Å². The predicted octanol–water partition coefficient (Wildman–Crippen LogP) is 3.68. The Kier molecular flexibility index (Phi) is 4.17. The highest BCUT2D eigenvalue weighted by Crippen LogP contribution is 2.18. The number of hydrogen-bond donors (Lipinski definition) is 0. The molecule has 0 N–H and O–H groups in total. The van der Waals surface area contributed by atoms with Crippen molar-refractivity contribution in [1.29, 1.82) is 0 Å². The van der Waals surface area contributed by atoms with E-state index in [4.69, 9.17) is 0 Å². The van der Waals surface area contributed by atoms with Gasteiger partial charge in [-0.25, -0.2) is 0 Å². The Morgan fingerprint density at radius 1 is 1.23 bits per heavy atom. The van der Waals surface area contributed by atoms with Gasteiger partial charge in [-0.05, 0) is 16.6 Å². The van der Waals surface area contributed by atoms with Crippen molar-refractivity contribution in [2.24, 2.45) is 0 Å². The fourth-order valence-corrected chi connectivity index (χ4v) is 1.90. The fraction of sp³-hybridized carbons (Fsp3) is 0.273. The first-order chi connectivity index (χ1) is 6.24. The van der Waals surface area contributed by atoms with Gasteiger partial charge < -0.3 is 0 Å². The molecule has 0 nitrogen and oxygen atoms in total. The SMILES string of the molecule is CSC(=Cc1ccccc1)B(C)C. The second-order valence-corrected chi connectivity index (χ2v) is 4.20. The zero-order valence-corrected chi connectivity index (χ0v) is 9.27. The molecule has 0 spiro atoms. The van der Waals surface area contributed by atoms with Gasteiger partial charge in [-0.1, -0.05) is 50.1 Å². The molecular weight excluding hydrogens is 175 g/mol. The topological polar surface area (TPSA) is 0 Å². The zero-order chi connectivity index (χ0) is 9.68. The lowest BCUT2D eigenvalue weighted by Crippen LogP contribution is -2.01. The van der Waals surface area contributed by atoms with Gasteiger partial charge in [-0.3, -0.25) is 0 Å². The first-order valence-electron chi connectivity index (χ1n) is 4.54. The van der Waals surface area contributed by atoms with E-state index in [1.165, 1.54) is 10.4 Å². The van der Waals surface area contributed by atoms with Gasteiger partial charge in [0.1, 0.15) is 0 Å². The zero-order valence-electron chi connectivity index (χ0n) is 8.45. The molecule has 0 fully saturated rings. The molecule has 0 aliphatic carbocycles. The van der Waals surface area contributed by atoms with Crippen molar-refractivity contribution in [2.45, 2.75) is 13.6 Å². The van der Waals surface area contributed by atoms with E-state index in [1.807, 2.05) is 17.8 Å². The smallest absolute Gasteiger partial charge is 0.144 e. The Hall–Kier alpha value is -0.625. The summed E-state index contributed by atoms with van der Waals surface area (Å²) >= 11 is 1.83. The third-order valence-electron chi connectivity index (χ3n) is 1.91. The maximum atomic E-state index is 2.26. The van der Waals surface area contributed by atoms with Crippen LogP contribution in [0.25, 0.3) is 6.08 Å². The molecule has 1 aromatic rings. The molecule has 1 rings (SSSR count). The summed E-state index contributed by atoms with van der Waals surface area (Å²) in [4.78, 5) is 1.44. The summed E-state index contributed by atoms with van der Waals surface area (Å²) in [5, 5.41) is 0. The van der Waals surface area contributed by atoms with E-state index in [1.54, 1.807) is 0 Å². The standard InChI is InChI=1S/C11H15BS/c1-12(2)11(13-3)9-10-7-5-4-6-8-10/h4-9H,1-3H3. The first-order valence-corrected chi connectivity index (χ1v) is 5.77. The summed E-state index contributed by atoms with van der Waals surface area (Å²) in [7, 11) is 0. The number of rotatable bonds is 3. The largest absolute Gasteiger partial charge is 0.178 e. The average molecular weight is 190 g/mol.